The predicted octanol–water partition coefficient (Wildman–Crippen LogP) is 5.05. The fourth-order valence-corrected chi connectivity index (χ4v) is 3.52. The Hall–Kier alpha value is -5.03. The fraction of sp³-hybridized carbons (Fsp3) is 0.107. The van der Waals surface area contributed by atoms with E-state index in [0.717, 1.165) is 22.5 Å². The zero-order valence-electron chi connectivity index (χ0n) is 20.2. The molecule has 36 heavy (non-hydrogen) atoms. The Morgan fingerprint density at radius 2 is 1.56 bits per heavy atom. The van der Waals surface area contributed by atoms with Crippen molar-refractivity contribution in [2.75, 3.05) is 5.43 Å². The molecule has 8 nitrogen and oxygen atoms in total. The molecule has 0 bridgehead atoms. The van der Waals surface area contributed by atoms with Crippen LogP contribution >= 0.6 is 0 Å². The fourth-order valence-electron chi connectivity index (χ4n) is 3.52. The second kappa shape index (κ2) is 10.9. The molecule has 0 amide bonds. The van der Waals surface area contributed by atoms with Gasteiger partial charge in [0, 0.05) is 12.5 Å². The second-order valence-electron chi connectivity index (χ2n) is 8.10. The highest BCUT2D eigenvalue weighted by atomic mass is 16.1. The molecule has 8 heteroatoms. The summed E-state index contributed by atoms with van der Waals surface area (Å²) in [5.41, 5.74) is 11.0. The van der Waals surface area contributed by atoms with Crippen molar-refractivity contribution in [2.24, 2.45) is 10.2 Å². The Labute approximate surface area is 209 Å². The van der Waals surface area contributed by atoms with Crippen molar-refractivity contribution in [3.05, 3.63) is 102 Å². The number of para-hydroxylation sites is 1. The number of amidine groups is 1. The highest BCUT2D eigenvalue weighted by Gasteiger charge is 2.22. The largest absolute Gasteiger partial charge is 0.291 e. The van der Waals surface area contributed by atoms with Gasteiger partial charge in [-0.3, -0.25) is 15.6 Å². The molecule has 0 spiro atoms. The molecule has 1 aromatic heterocycles. The minimum absolute atomic E-state index is 0.0270. The Balaban J connectivity index is 1.71. The van der Waals surface area contributed by atoms with Crippen LogP contribution in [0, 0.1) is 18.3 Å². The summed E-state index contributed by atoms with van der Waals surface area (Å²) >= 11 is 0. The number of hydrazone groups is 2. The molecule has 0 fully saturated rings. The van der Waals surface area contributed by atoms with Crippen molar-refractivity contribution in [1.29, 1.82) is 5.26 Å². The first-order valence-electron chi connectivity index (χ1n) is 11.3. The molecule has 178 valence electrons. The monoisotopic (exact) mass is 475 g/mol. The molecule has 3 aromatic carbocycles. The Morgan fingerprint density at radius 3 is 2.17 bits per heavy atom. The summed E-state index contributed by atoms with van der Waals surface area (Å²) in [5.74, 6) is -0.273. The van der Waals surface area contributed by atoms with Crippen LogP contribution in [0.1, 0.15) is 30.7 Å². The number of hydrogen-bond acceptors (Lipinski definition) is 6. The molecular formula is C28H25N7O. The number of Topliss-reactive ketones (excluding diaryl/α,β-unsaturated/α-hetero) is 1. The van der Waals surface area contributed by atoms with E-state index in [9.17, 15) is 10.1 Å². The number of hydrogen-bond donors (Lipinski definition) is 2. The number of carbonyl (C=O) groups is 1. The van der Waals surface area contributed by atoms with Crippen molar-refractivity contribution < 1.29 is 4.79 Å². The summed E-state index contributed by atoms with van der Waals surface area (Å²) in [6, 6.07) is 29.1. The van der Waals surface area contributed by atoms with Gasteiger partial charge < -0.3 is 0 Å². The molecular weight excluding hydrogens is 450 g/mol. The van der Waals surface area contributed by atoms with Crippen LogP contribution in [0.15, 0.2) is 95.1 Å². The normalized spacial score (nSPS) is 11.6. The molecule has 4 aromatic rings. The van der Waals surface area contributed by atoms with E-state index in [-0.39, 0.29) is 11.6 Å². The van der Waals surface area contributed by atoms with Gasteiger partial charge in [-0.25, -0.2) is 4.68 Å². The maximum Gasteiger partial charge on any atom is 0.209 e. The summed E-state index contributed by atoms with van der Waals surface area (Å²) in [5, 5.41) is 23.3. The van der Waals surface area contributed by atoms with E-state index in [1.54, 1.807) is 11.6 Å². The number of ketones is 1. The van der Waals surface area contributed by atoms with Crippen molar-refractivity contribution in [3.63, 3.8) is 0 Å². The maximum absolute atomic E-state index is 12.1. The minimum atomic E-state index is -0.300. The molecule has 0 radical (unpaired) electrons. The van der Waals surface area contributed by atoms with Crippen LogP contribution in [-0.4, -0.2) is 27.1 Å². The highest BCUT2D eigenvalue weighted by Crippen LogP contribution is 2.29. The number of nitrogens with zero attached hydrogens (tertiary/aromatic N) is 5. The Kier molecular flexibility index (Phi) is 7.32. The molecule has 0 unspecified atom stereocenters. The number of aromatic nitrogens is 2. The SMILES string of the molecule is CC(=O)/C(=N\Nc1ccc(C)cc1)N/N=C(/C)c1nn(-c2ccccc2)c(-c2ccccc2)c1C#N. The summed E-state index contributed by atoms with van der Waals surface area (Å²) in [6.07, 6.45) is 0. The third-order valence-corrected chi connectivity index (χ3v) is 5.40. The predicted molar refractivity (Wildman–Crippen MR) is 142 cm³/mol. The van der Waals surface area contributed by atoms with Gasteiger partial charge >= 0.3 is 0 Å². The summed E-state index contributed by atoms with van der Waals surface area (Å²) in [7, 11) is 0. The van der Waals surface area contributed by atoms with Crippen molar-refractivity contribution >= 4 is 23.0 Å². The van der Waals surface area contributed by atoms with Gasteiger partial charge in [0.15, 0.2) is 5.78 Å². The third kappa shape index (κ3) is 5.37. The zero-order valence-corrected chi connectivity index (χ0v) is 20.2. The lowest BCUT2D eigenvalue weighted by atomic mass is 10.0. The first kappa shape index (κ1) is 24.1. The number of carbonyl (C=O) groups excluding carboxylic acids is 1. The van der Waals surface area contributed by atoms with Crippen LogP contribution < -0.4 is 10.9 Å². The van der Waals surface area contributed by atoms with Gasteiger partial charge in [-0.15, -0.1) is 0 Å². The first-order chi connectivity index (χ1) is 17.5. The summed E-state index contributed by atoms with van der Waals surface area (Å²) in [4.78, 5) is 12.1. The summed E-state index contributed by atoms with van der Waals surface area (Å²) in [6.45, 7) is 5.11. The lowest BCUT2D eigenvalue weighted by Crippen LogP contribution is -2.27. The van der Waals surface area contributed by atoms with Gasteiger partial charge in [0.2, 0.25) is 5.84 Å². The van der Waals surface area contributed by atoms with Crippen LogP contribution in [0.3, 0.4) is 0 Å². The minimum Gasteiger partial charge on any atom is -0.291 e. The van der Waals surface area contributed by atoms with Crippen LogP contribution in [0.2, 0.25) is 0 Å². The van der Waals surface area contributed by atoms with E-state index in [4.69, 9.17) is 5.10 Å². The van der Waals surface area contributed by atoms with E-state index >= 15 is 0 Å². The van der Waals surface area contributed by atoms with E-state index in [1.165, 1.54) is 6.92 Å². The van der Waals surface area contributed by atoms with E-state index in [1.807, 2.05) is 91.9 Å². The first-order valence-corrected chi connectivity index (χ1v) is 11.3. The van der Waals surface area contributed by atoms with Gasteiger partial charge in [0.05, 0.1) is 22.8 Å². The molecule has 2 N–H and O–H groups in total. The average molecular weight is 476 g/mol. The van der Waals surface area contributed by atoms with Crippen molar-refractivity contribution in [2.45, 2.75) is 20.8 Å². The molecule has 0 aliphatic heterocycles. The van der Waals surface area contributed by atoms with Crippen LogP contribution in [0.5, 0.6) is 0 Å². The van der Waals surface area contributed by atoms with Gasteiger partial charge in [0.1, 0.15) is 17.3 Å². The molecule has 0 aliphatic carbocycles. The van der Waals surface area contributed by atoms with Gasteiger partial charge in [0.25, 0.3) is 0 Å². The number of benzene rings is 3. The smallest absolute Gasteiger partial charge is 0.209 e. The standard InChI is InChI=1S/C28H25N7O/c1-19-14-16-23(17-15-19)31-33-28(21(3)36)32-30-20(2)26-25(18-29)27(22-10-6-4-7-11-22)35(34-26)24-12-8-5-9-13-24/h4-17,31H,1-3H3,(H,32,33)/b30-20-. The molecule has 0 aliphatic rings. The lowest BCUT2D eigenvalue weighted by Gasteiger charge is -2.07. The highest BCUT2D eigenvalue weighted by molar-refractivity contribution is 6.38. The summed E-state index contributed by atoms with van der Waals surface area (Å²) < 4.78 is 1.74. The van der Waals surface area contributed by atoms with Gasteiger partial charge in [-0.1, -0.05) is 66.2 Å². The van der Waals surface area contributed by atoms with Crippen molar-refractivity contribution in [1.82, 2.24) is 15.2 Å². The van der Waals surface area contributed by atoms with E-state index in [2.05, 4.69) is 27.1 Å². The van der Waals surface area contributed by atoms with Crippen molar-refractivity contribution in [3.8, 4) is 23.0 Å². The molecule has 0 saturated carbocycles. The molecule has 4 rings (SSSR count). The molecule has 1 heterocycles. The van der Waals surface area contributed by atoms with Gasteiger partial charge in [-0.05, 0) is 38.1 Å². The maximum atomic E-state index is 12.1. The number of anilines is 1. The lowest BCUT2D eigenvalue weighted by molar-refractivity contribution is -0.111. The Morgan fingerprint density at radius 1 is 0.917 bits per heavy atom. The number of rotatable bonds is 7. The quantitative estimate of drug-likeness (QED) is 0.221. The van der Waals surface area contributed by atoms with Crippen LogP contribution in [0.25, 0.3) is 16.9 Å². The number of aryl methyl sites for hydroxylation is 1. The number of nitriles is 1. The van der Waals surface area contributed by atoms with Gasteiger partial charge in [-0.2, -0.15) is 20.6 Å². The zero-order chi connectivity index (χ0) is 25.5. The third-order valence-electron chi connectivity index (χ3n) is 5.40. The number of nitrogens with one attached hydrogen (secondary N) is 2. The second-order valence-corrected chi connectivity index (χ2v) is 8.10. The van der Waals surface area contributed by atoms with Crippen LogP contribution in [0.4, 0.5) is 5.69 Å². The topological polar surface area (TPSA) is 107 Å². The van der Waals surface area contributed by atoms with E-state index in [0.29, 0.717) is 22.7 Å². The van der Waals surface area contributed by atoms with Crippen LogP contribution in [-0.2, 0) is 4.79 Å². The molecule has 0 saturated heterocycles. The average Bonchev–Trinajstić information content (AvgIpc) is 3.30. The molecule has 0 atom stereocenters. The Bertz CT molecular complexity index is 1460. The van der Waals surface area contributed by atoms with E-state index < -0.39 is 0 Å².